The molecule has 2 aromatic rings. The van der Waals surface area contributed by atoms with Crippen LogP contribution in [0.3, 0.4) is 0 Å². The molecule has 126 valence electrons. The highest BCUT2D eigenvalue weighted by Gasteiger charge is 2.17. The number of likely N-dealkylation sites (tertiary alicyclic amines) is 1. The van der Waals surface area contributed by atoms with Crippen LogP contribution in [0.15, 0.2) is 41.0 Å². The molecule has 0 spiro atoms. The first-order valence-corrected chi connectivity index (χ1v) is 9.21. The van der Waals surface area contributed by atoms with Gasteiger partial charge >= 0.3 is 0 Å². The van der Waals surface area contributed by atoms with Crippen molar-refractivity contribution in [2.45, 2.75) is 32.6 Å². The number of anilines is 2. The maximum atomic E-state index is 12.6. The minimum atomic E-state index is 0.0917. The molecule has 1 aromatic heterocycles. The number of rotatable bonds is 3. The largest absolute Gasteiger partial charge is 0.340 e. The van der Waals surface area contributed by atoms with E-state index in [1.807, 2.05) is 35.2 Å². The monoisotopic (exact) mass is 387 g/mol. The minimum Gasteiger partial charge on any atom is -0.340 e. The van der Waals surface area contributed by atoms with Crippen molar-refractivity contribution in [3.63, 3.8) is 0 Å². The number of aryl methyl sites for hydroxylation is 1. The fraction of sp³-hybridized carbons (Fsp3) is 0.368. The summed E-state index contributed by atoms with van der Waals surface area (Å²) in [7, 11) is 0. The van der Waals surface area contributed by atoms with E-state index in [1.54, 1.807) is 6.20 Å². The van der Waals surface area contributed by atoms with Crippen molar-refractivity contribution in [3.05, 3.63) is 52.1 Å². The number of pyridine rings is 1. The van der Waals surface area contributed by atoms with Gasteiger partial charge in [-0.15, -0.1) is 0 Å². The smallest absolute Gasteiger partial charge is 0.255 e. The summed E-state index contributed by atoms with van der Waals surface area (Å²) in [5, 5.41) is 3.26. The van der Waals surface area contributed by atoms with Crippen LogP contribution < -0.4 is 5.32 Å². The van der Waals surface area contributed by atoms with Crippen LogP contribution in [0.25, 0.3) is 0 Å². The molecule has 4 nitrogen and oxygen atoms in total. The average molecular weight is 388 g/mol. The van der Waals surface area contributed by atoms with Crippen LogP contribution >= 0.6 is 15.9 Å². The molecule has 5 heteroatoms. The maximum absolute atomic E-state index is 12.6. The minimum absolute atomic E-state index is 0.0917. The number of hydrogen-bond acceptors (Lipinski definition) is 3. The summed E-state index contributed by atoms with van der Waals surface area (Å²) in [5.41, 5.74) is 2.81. The van der Waals surface area contributed by atoms with E-state index in [4.69, 9.17) is 0 Å². The number of benzene rings is 1. The molecular weight excluding hydrogens is 366 g/mol. The van der Waals surface area contributed by atoms with Crippen LogP contribution in [0.2, 0.25) is 0 Å². The zero-order chi connectivity index (χ0) is 16.9. The zero-order valence-corrected chi connectivity index (χ0v) is 15.5. The second-order valence-corrected chi connectivity index (χ2v) is 7.08. The predicted molar refractivity (Wildman–Crippen MR) is 101 cm³/mol. The van der Waals surface area contributed by atoms with E-state index >= 15 is 0 Å². The van der Waals surface area contributed by atoms with Crippen molar-refractivity contribution in [1.29, 1.82) is 0 Å². The molecule has 1 aliphatic rings. The number of nitrogens with one attached hydrogen (secondary N) is 1. The first kappa shape index (κ1) is 17.0. The average Bonchev–Trinajstić information content (AvgIpc) is 2.88. The molecule has 1 saturated heterocycles. The quantitative estimate of drug-likeness (QED) is 0.813. The highest BCUT2D eigenvalue weighted by molar-refractivity contribution is 9.10. The van der Waals surface area contributed by atoms with Crippen LogP contribution in [0.1, 0.15) is 41.6 Å². The number of nitrogens with zero attached hydrogens (tertiary/aromatic N) is 2. The molecule has 0 bridgehead atoms. The molecule has 2 heterocycles. The number of aromatic nitrogens is 1. The molecule has 1 fully saturated rings. The maximum Gasteiger partial charge on any atom is 0.255 e. The van der Waals surface area contributed by atoms with E-state index in [-0.39, 0.29) is 5.91 Å². The Hall–Kier alpha value is -1.88. The van der Waals surface area contributed by atoms with Crippen LogP contribution in [0, 0.1) is 6.92 Å². The van der Waals surface area contributed by atoms with Gasteiger partial charge in [0.15, 0.2) is 0 Å². The summed E-state index contributed by atoms with van der Waals surface area (Å²) >= 11 is 3.53. The van der Waals surface area contributed by atoms with Crippen molar-refractivity contribution >= 4 is 33.3 Å². The Morgan fingerprint density at radius 3 is 2.50 bits per heavy atom. The third-order valence-electron chi connectivity index (χ3n) is 4.35. The van der Waals surface area contributed by atoms with Crippen LogP contribution in [0.5, 0.6) is 0 Å². The first-order chi connectivity index (χ1) is 11.6. The fourth-order valence-electron chi connectivity index (χ4n) is 2.87. The number of hydrogen-bond donors (Lipinski definition) is 1. The number of carbonyl (C=O) groups excluding carboxylic acids is 1. The van der Waals surface area contributed by atoms with E-state index in [0.717, 1.165) is 41.9 Å². The van der Waals surface area contributed by atoms with Gasteiger partial charge in [0.1, 0.15) is 5.82 Å². The molecule has 0 radical (unpaired) electrons. The van der Waals surface area contributed by atoms with Gasteiger partial charge in [0.05, 0.1) is 5.56 Å². The first-order valence-electron chi connectivity index (χ1n) is 8.42. The van der Waals surface area contributed by atoms with Crippen molar-refractivity contribution in [3.8, 4) is 0 Å². The van der Waals surface area contributed by atoms with E-state index in [2.05, 4.69) is 33.2 Å². The van der Waals surface area contributed by atoms with Crippen LogP contribution in [-0.4, -0.2) is 28.9 Å². The summed E-state index contributed by atoms with van der Waals surface area (Å²) in [5.74, 6) is 0.826. The molecular formula is C19H22BrN3O. The van der Waals surface area contributed by atoms with Gasteiger partial charge in [-0.3, -0.25) is 4.79 Å². The Labute approximate surface area is 151 Å². The molecule has 3 rings (SSSR count). The van der Waals surface area contributed by atoms with Gasteiger partial charge < -0.3 is 10.2 Å². The van der Waals surface area contributed by atoms with E-state index in [0.29, 0.717) is 5.56 Å². The Bertz CT molecular complexity index is 707. The van der Waals surface area contributed by atoms with Gasteiger partial charge in [0.2, 0.25) is 0 Å². The Morgan fingerprint density at radius 2 is 1.88 bits per heavy atom. The Balaban J connectivity index is 1.68. The molecule has 1 aromatic carbocycles. The van der Waals surface area contributed by atoms with Crippen molar-refractivity contribution < 1.29 is 4.79 Å². The van der Waals surface area contributed by atoms with Gasteiger partial charge in [-0.1, -0.05) is 34.8 Å². The third-order valence-corrected chi connectivity index (χ3v) is 5.20. The molecule has 1 N–H and O–H groups in total. The second-order valence-electron chi connectivity index (χ2n) is 6.23. The summed E-state index contributed by atoms with van der Waals surface area (Å²) in [6.07, 6.45) is 6.30. The number of carbonyl (C=O) groups is 1. The normalized spacial score (nSPS) is 15.0. The number of amides is 1. The molecule has 0 unspecified atom stereocenters. The molecule has 0 saturated carbocycles. The van der Waals surface area contributed by atoms with E-state index in [9.17, 15) is 4.79 Å². The third kappa shape index (κ3) is 4.15. The lowest BCUT2D eigenvalue weighted by atomic mass is 10.2. The van der Waals surface area contributed by atoms with Gasteiger partial charge in [0, 0.05) is 29.4 Å². The van der Waals surface area contributed by atoms with Gasteiger partial charge in [-0.25, -0.2) is 4.98 Å². The summed E-state index contributed by atoms with van der Waals surface area (Å²) in [6, 6.07) is 9.79. The van der Waals surface area contributed by atoms with Crippen LogP contribution in [-0.2, 0) is 0 Å². The van der Waals surface area contributed by atoms with Gasteiger partial charge in [0.25, 0.3) is 5.91 Å². The topological polar surface area (TPSA) is 45.2 Å². The molecule has 0 aliphatic carbocycles. The molecule has 1 aliphatic heterocycles. The lowest BCUT2D eigenvalue weighted by Crippen LogP contribution is -2.31. The second kappa shape index (κ2) is 7.79. The Kier molecular flexibility index (Phi) is 5.51. The summed E-state index contributed by atoms with van der Waals surface area (Å²) in [4.78, 5) is 18.9. The summed E-state index contributed by atoms with van der Waals surface area (Å²) in [6.45, 7) is 3.77. The van der Waals surface area contributed by atoms with Crippen molar-refractivity contribution in [2.24, 2.45) is 0 Å². The van der Waals surface area contributed by atoms with E-state index < -0.39 is 0 Å². The standard InChI is InChI=1S/C19H22BrN3O/c1-14-6-8-16(12-17(14)20)22-18-9-7-15(13-21-18)19(24)23-10-4-2-3-5-11-23/h6-9,12-13H,2-5,10-11H2,1H3,(H,21,22). The SMILES string of the molecule is Cc1ccc(Nc2ccc(C(=O)N3CCCCCC3)cn2)cc1Br. The predicted octanol–water partition coefficient (Wildman–Crippen LogP) is 4.91. The fourth-order valence-corrected chi connectivity index (χ4v) is 3.25. The van der Waals surface area contributed by atoms with Crippen LogP contribution in [0.4, 0.5) is 11.5 Å². The zero-order valence-electron chi connectivity index (χ0n) is 13.9. The van der Waals surface area contributed by atoms with Crippen molar-refractivity contribution in [1.82, 2.24) is 9.88 Å². The van der Waals surface area contributed by atoms with Gasteiger partial charge in [-0.05, 0) is 49.6 Å². The number of halogens is 1. The van der Waals surface area contributed by atoms with Gasteiger partial charge in [-0.2, -0.15) is 0 Å². The Morgan fingerprint density at radius 1 is 1.12 bits per heavy atom. The molecule has 1 amide bonds. The highest BCUT2D eigenvalue weighted by Crippen LogP contribution is 2.23. The molecule has 0 atom stereocenters. The highest BCUT2D eigenvalue weighted by atomic mass is 79.9. The van der Waals surface area contributed by atoms with Crippen molar-refractivity contribution in [2.75, 3.05) is 18.4 Å². The molecule has 24 heavy (non-hydrogen) atoms. The lowest BCUT2D eigenvalue weighted by Gasteiger charge is -2.20. The lowest BCUT2D eigenvalue weighted by molar-refractivity contribution is 0.0761. The summed E-state index contributed by atoms with van der Waals surface area (Å²) < 4.78 is 1.06. The van der Waals surface area contributed by atoms with E-state index in [1.165, 1.54) is 18.4 Å².